The minimum absolute atomic E-state index is 0.106. The number of carbonyl (C=O) groups is 1. The number of halogens is 1. The van der Waals surface area contributed by atoms with Crippen LogP contribution in [0.5, 0.6) is 0 Å². The number of hydrogen-bond acceptors (Lipinski definition) is 3. The Hall–Kier alpha value is -2.86. The van der Waals surface area contributed by atoms with Crippen LogP contribution in [0.15, 0.2) is 53.3 Å². The maximum atomic E-state index is 12.8. The summed E-state index contributed by atoms with van der Waals surface area (Å²) in [5, 5.41) is 7.92. The van der Waals surface area contributed by atoms with Crippen molar-refractivity contribution in [2.75, 3.05) is 0 Å². The van der Waals surface area contributed by atoms with Crippen molar-refractivity contribution in [3.63, 3.8) is 0 Å². The van der Waals surface area contributed by atoms with Crippen molar-refractivity contribution in [3.8, 4) is 11.4 Å². The van der Waals surface area contributed by atoms with Gasteiger partial charge in [0.2, 0.25) is 5.91 Å². The van der Waals surface area contributed by atoms with Gasteiger partial charge in [0.25, 0.3) is 0 Å². The molecule has 1 aliphatic carbocycles. The summed E-state index contributed by atoms with van der Waals surface area (Å²) in [7, 11) is 0. The fraction of sp³-hybridized carbons (Fsp3) is 0.286. The SMILES string of the molecule is Cc1cccc(CNC(=O)Cn2nc(-c3ccc(Cl)cc3)n(C3CC3)c2=O)c1. The highest BCUT2D eigenvalue weighted by Crippen LogP contribution is 2.36. The standard InChI is InChI=1S/C21H21ClN4O2/c1-14-3-2-4-15(11-14)12-23-19(27)13-25-21(28)26(18-9-10-18)20(24-25)16-5-7-17(22)8-6-16/h2-8,11,18H,9-10,12-13H2,1H3,(H,23,27). The van der Waals surface area contributed by atoms with E-state index in [-0.39, 0.29) is 24.2 Å². The Morgan fingerprint density at radius 2 is 1.96 bits per heavy atom. The first-order chi connectivity index (χ1) is 13.5. The molecule has 1 saturated carbocycles. The zero-order valence-electron chi connectivity index (χ0n) is 15.6. The van der Waals surface area contributed by atoms with Crippen LogP contribution in [0.2, 0.25) is 5.02 Å². The topological polar surface area (TPSA) is 68.9 Å². The van der Waals surface area contributed by atoms with E-state index in [4.69, 9.17) is 11.6 Å². The van der Waals surface area contributed by atoms with Crippen LogP contribution in [0.3, 0.4) is 0 Å². The minimum atomic E-state index is -0.252. The van der Waals surface area contributed by atoms with Crippen molar-refractivity contribution in [2.45, 2.75) is 38.9 Å². The fourth-order valence-electron chi connectivity index (χ4n) is 3.20. The lowest BCUT2D eigenvalue weighted by molar-refractivity contribution is -0.122. The molecule has 3 aromatic rings. The number of aromatic nitrogens is 3. The van der Waals surface area contributed by atoms with Crippen molar-refractivity contribution < 1.29 is 4.79 Å². The predicted octanol–water partition coefficient (Wildman–Crippen LogP) is 3.32. The Morgan fingerprint density at radius 3 is 2.64 bits per heavy atom. The number of nitrogens with zero attached hydrogens (tertiary/aromatic N) is 3. The van der Waals surface area contributed by atoms with E-state index in [1.807, 2.05) is 43.3 Å². The second-order valence-corrected chi connectivity index (χ2v) is 7.57. The van der Waals surface area contributed by atoms with E-state index in [1.165, 1.54) is 4.68 Å². The molecule has 1 N–H and O–H groups in total. The van der Waals surface area contributed by atoms with E-state index in [9.17, 15) is 9.59 Å². The lowest BCUT2D eigenvalue weighted by atomic mass is 10.1. The molecule has 1 amide bonds. The quantitative estimate of drug-likeness (QED) is 0.694. The summed E-state index contributed by atoms with van der Waals surface area (Å²) < 4.78 is 2.94. The molecule has 0 radical (unpaired) electrons. The third-order valence-corrected chi connectivity index (χ3v) is 5.00. The van der Waals surface area contributed by atoms with Gasteiger partial charge in [0, 0.05) is 23.2 Å². The molecule has 0 spiro atoms. The fourth-order valence-corrected chi connectivity index (χ4v) is 3.32. The van der Waals surface area contributed by atoms with Crippen LogP contribution in [-0.4, -0.2) is 20.3 Å². The number of hydrogen-bond donors (Lipinski definition) is 1. The molecule has 6 nitrogen and oxygen atoms in total. The van der Waals surface area contributed by atoms with Gasteiger partial charge >= 0.3 is 5.69 Å². The van der Waals surface area contributed by atoms with Gasteiger partial charge in [-0.3, -0.25) is 9.36 Å². The zero-order chi connectivity index (χ0) is 19.7. The smallest absolute Gasteiger partial charge is 0.346 e. The minimum Gasteiger partial charge on any atom is -0.350 e. The van der Waals surface area contributed by atoms with E-state index in [2.05, 4.69) is 10.4 Å². The molecule has 28 heavy (non-hydrogen) atoms. The molecule has 0 bridgehead atoms. The lowest BCUT2D eigenvalue weighted by Gasteiger charge is -2.05. The summed E-state index contributed by atoms with van der Waals surface area (Å²) in [6.07, 6.45) is 1.90. The van der Waals surface area contributed by atoms with Crippen molar-refractivity contribution in [1.82, 2.24) is 19.7 Å². The normalized spacial score (nSPS) is 13.5. The average molecular weight is 397 g/mol. The maximum absolute atomic E-state index is 12.8. The molecule has 0 aliphatic heterocycles. The molecular weight excluding hydrogens is 376 g/mol. The van der Waals surface area contributed by atoms with Gasteiger partial charge in [0.15, 0.2) is 5.82 Å². The van der Waals surface area contributed by atoms with Crippen LogP contribution >= 0.6 is 11.6 Å². The summed E-state index contributed by atoms with van der Waals surface area (Å²) in [6, 6.07) is 15.3. The van der Waals surface area contributed by atoms with Gasteiger partial charge in [0.1, 0.15) is 6.54 Å². The first-order valence-electron chi connectivity index (χ1n) is 9.29. The number of benzene rings is 2. The van der Waals surface area contributed by atoms with Gasteiger partial charge in [-0.25, -0.2) is 9.48 Å². The van der Waals surface area contributed by atoms with Gasteiger partial charge in [-0.1, -0.05) is 41.4 Å². The second kappa shape index (κ2) is 7.64. The third-order valence-electron chi connectivity index (χ3n) is 4.75. The molecule has 2 aromatic carbocycles. The number of nitrogens with one attached hydrogen (secondary N) is 1. The van der Waals surface area contributed by atoms with Crippen molar-refractivity contribution in [2.24, 2.45) is 0 Å². The summed E-state index contributed by atoms with van der Waals surface area (Å²) in [5.74, 6) is 0.336. The average Bonchev–Trinajstić information content (AvgIpc) is 3.46. The van der Waals surface area contributed by atoms with E-state index in [0.29, 0.717) is 17.4 Å². The molecule has 7 heteroatoms. The maximum Gasteiger partial charge on any atom is 0.346 e. The van der Waals surface area contributed by atoms with E-state index >= 15 is 0 Å². The van der Waals surface area contributed by atoms with E-state index in [1.54, 1.807) is 16.7 Å². The predicted molar refractivity (Wildman–Crippen MR) is 108 cm³/mol. The van der Waals surface area contributed by atoms with Gasteiger partial charge < -0.3 is 5.32 Å². The Morgan fingerprint density at radius 1 is 1.21 bits per heavy atom. The number of carbonyl (C=O) groups excluding carboxylic acids is 1. The molecule has 1 aromatic heterocycles. The highest BCUT2D eigenvalue weighted by Gasteiger charge is 2.30. The molecule has 0 unspecified atom stereocenters. The lowest BCUT2D eigenvalue weighted by Crippen LogP contribution is -2.33. The molecule has 1 heterocycles. The van der Waals surface area contributed by atoms with Crippen LogP contribution in [0, 0.1) is 6.92 Å². The number of rotatable bonds is 6. The highest BCUT2D eigenvalue weighted by atomic mass is 35.5. The monoisotopic (exact) mass is 396 g/mol. The molecule has 0 saturated heterocycles. The Bertz CT molecular complexity index is 1060. The summed E-state index contributed by atoms with van der Waals surface area (Å²) in [5.41, 5.74) is 2.72. The van der Waals surface area contributed by atoms with Crippen molar-refractivity contribution >= 4 is 17.5 Å². The van der Waals surface area contributed by atoms with Gasteiger partial charge in [-0.15, -0.1) is 5.10 Å². The second-order valence-electron chi connectivity index (χ2n) is 7.14. The Labute approximate surface area is 167 Å². The highest BCUT2D eigenvalue weighted by molar-refractivity contribution is 6.30. The number of amides is 1. The van der Waals surface area contributed by atoms with E-state index in [0.717, 1.165) is 29.5 Å². The largest absolute Gasteiger partial charge is 0.350 e. The van der Waals surface area contributed by atoms with Crippen LogP contribution in [0.25, 0.3) is 11.4 Å². The van der Waals surface area contributed by atoms with Gasteiger partial charge in [-0.2, -0.15) is 0 Å². The molecule has 0 atom stereocenters. The van der Waals surface area contributed by atoms with E-state index < -0.39 is 0 Å². The summed E-state index contributed by atoms with van der Waals surface area (Å²) in [4.78, 5) is 25.2. The summed E-state index contributed by atoms with van der Waals surface area (Å²) >= 11 is 5.97. The summed E-state index contributed by atoms with van der Waals surface area (Å²) in [6.45, 7) is 2.32. The van der Waals surface area contributed by atoms with Crippen LogP contribution in [-0.2, 0) is 17.9 Å². The first kappa shape index (κ1) is 18.5. The Balaban J connectivity index is 1.53. The Kier molecular flexibility index (Phi) is 5.05. The van der Waals surface area contributed by atoms with Gasteiger partial charge in [-0.05, 0) is 49.6 Å². The molecule has 1 aliphatic rings. The van der Waals surface area contributed by atoms with Gasteiger partial charge in [0.05, 0.1) is 0 Å². The molecular formula is C21H21ClN4O2. The zero-order valence-corrected chi connectivity index (χ0v) is 16.3. The number of aryl methyl sites for hydroxylation is 1. The third kappa shape index (κ3) is 4.02. The molecule has 4 rings (SSSR count). The molecule has 144 valence electrons. The molecule has 1 fully saturated rings. The van der Waals surface area contributed by atoms with Crippen LogP contribution in [0.4, 0.5) is 0 Å². The van der Waals surface area contributed by atoms with Crippen LogP contribution in [0.1, 0.15) is 30.0 Å². The van der Waals surface area contributed by atoms with Crippen molar-refractivity contribution in [1.29, 1.82) is 0 Å². The van der Waals surface area contributed by atoms with Crippen LogP contribution < -0.4 is 11.0 Å². The first-order valence-corrected chi connectivity index (χ1v) is 9.66. The van der Waals surface area contributed by atoms with Crippen molar-refractivity contribution in [3.05, 3.63) is 75.2 Å².